The van der Waals surface area contributed by atoms with E-state index in [1.807, 2.05) is 0 Å². The van der Waals surface area contributed by atoms with Gasteiger partial charge in [-0.3, -0.25) is 9.36 Å². The summed E-state index contributed by atoms with van der Waals surface area (Å²) in [6, 6.07) is 0.595. The first-order chi connectivity index (χ1) is 11.3. The van der Waals surface area contributed by atoms with Crippen LogP contribution in [0, 0.1) is 5.92 Å². The predicted octanol–water partition coefficient (Wildman–Crippen LogP) is -1.31. The molecule has 0 saturated carbocycles. The number of anilines is 1. The fourth-order valence-corrected chi connectivity index (χ4v) is 3.77. The number of carbonyl (C=O) groups is 1. The highest BCUT2D eigenvalue weighted by Crippen LogP contribution is 2.42. The van der Waals surface area contributed by atoms with Crippen LogP contribution in [0.5, 0.6) is 0 Å². The second kappa shape index (κ2) is 7.51. The van der Waals surface area contributed by atoms with Gasteiger partial charge in [-0.05, 0) is 12.0 Å². The Morgan fingerprint density at radius 3 is 2.75 bits per heavy atom. The number of nitrogen functional groups attached to an aromatic ring is 1. The molecule has 1 fully saturated rings. The van der Waals surface area contributed by atoms with E-state index in [0.29, 0.717) is 0 Å². The number of ether oxygens (including phenoxy) is 1. The van der Waals surface area contributed by atoms with Crippen molar-refractivity contribution in [1.29, 1.82) is 0 Å². The van der Waals surface area contributed by atoms with E-state index in [2.05, 4.69) is 4.98 Å². The molecule has 1 aromatic heterocycles. The summed E-state index contributed by atoms with van der Waals surface area (Å²) in [4.78, 5) is 27.6. The molecule has 2 unspecified atom stereocenters. The van der Waals surface area contributed by atoms with Crippen molar-refractivity contribution in [3.05, 3.63) is 22.7 Å². The van der Waals surface area contributed by atoms with Crippen molar-refractivity contribution >= 4 is 23.5 Å². The first-order valence-electron chi connectivity index (χ1n) is 7.51. The molecule has 24 heavy (non-hydrogen) atoms. The molecule has 0 aliphatic carbocycles. The maximum absolute atomic E-state index is 12.1. The van der Waals surface area contributed by atoms with Crippen LogP contribution in [-0.4, -0.2) is 55.8 Å². The third kappa shape index (κ3) is 3.72. The van der Waals surface area contributed by atoms with E-state index in [0.717, 1.165) is 11.8 Å². The van der Waals surface area contributed by atoms with Crippen molar-refractivity contribution in [2.24, 2.45) is 11.7 Å². The molecule has 1 aliphatic heterocycles. The zero-order valence-corrected chi connectivity index (χ0v) is 14.2. The highest BCUT2D eigenvalue weighted by atomic mass is 32.2. The molecule has 0 amide bonds. The molecular weight excluding hydrogens is 336 g/mol. The number of aliphatic hydroxyl groups is 2. The molecule has 1 aliphatic rings. The molecule has 0 aromatic carbocycles. The summed E-state index contributed by atoms with van der Waals surface area (Å²) >= 11 is 1.13. The molecule has 6 N–H and O–H groups in total. The second-order valence-corrected chi connectivity index (χ2v) is 7.31. The number of carbonyl (C=O) groups excluding carboxylic acids is 1. The molecule has 2 rings (SSSR count). The van der Waals surface area contributed by atoms with Gasteiger partial charge in [0.25, 0.3) is 0 Å². The summed E-state index contributed by atoms with van der Waals surface area (Å²) in [6.07, 6.45) is -0.769. The van der Waals surface area contributed by atoms with E-state index in [1.165, 1.54) is 16.8 Å². The van der Waals surface area contributed by atoms with E-state index in [4.69, 9.17) is 16.2 Å². The lowest BCUT2D eigenvalue weighted by Gasteiger charge is -2.24. The topological polar surface area (TPSA) is 154 Å². The molecule has 0 radical (unpaired) electrons. The highest BCUT2D eigenvalue weighted by molar-refractivity contribution is 8.00. The molecule has 2 heterocycles. The summed E-state index contributed by atoms with van der Waals surface area (Å²) in [5, 5.41) is 18.7. The van der Waals surface area contributed by atoms with Gasteiger partial charge in [-0.1, -0.05) is 13.8 Å². The summed E-state index contributed by atoms with van der Waals surface area (Å²) in [6.45, 7) is 3.22. The molecule has 134 valence electrons. The van der Waals surface area contributed by atoms with Gasteiger partial charge in [0.2, 0.25) is 0 Å². The Morgan fingerprint density at radius 2 is 2.21 bits per heavy atom. The number of nitrogens with two attached hydrogens (primary N) is 2. The monoisotopic (exact) mass is 358 g/mol. The Morgan fingerprint density at radius 1 is 1.54 bits per heavy atom. The van der Waals surface area contributed by atoms with E-state index in [-0.39, 0.29) is 18.3 Å². The Bertz CT molecular complexity index is 652. The van der Waals surface area contributed by atoms with Crippen LogP contribution in [0.1, 0.15) is 19.2 Å². The van der Waals surface area contributed by atoms with Crippen LogP contribution < -0.4 is 17.2 Å². The molecule has 0 bridgehead atoms. The van der Waals surface area contributed by atoms with Crippen LogP contribution in [0.4, 0.5) is 5.82 Å². The predicted molar refractivity (Wildman–Crippen MR) is 89.1 cm³/mol. The number of hydrogen-bond acceptors (Lipinski definition) is 9. The van der Waals surface area contributed by atoms with E-state index >= 15 is 0 Å². The molecule has 1 aromatic rings. The van der Waals surface area contributed by atoms with Crippen LogP contribution >= 0.6 is 11.8 Å². The van der Waals surface area contributed by atoms with Crippen molar-refractivity contribution in [2.45, 2.75) is 42.7 Å². The lowest BCUT2D eigenvalue weighted by Crippen LogP contribution is -2.44. The SMILES string of the molecule is CC(C)[C@H](N)C(=O)OC1C(O)[C@H](n2ccc(N)nc2=O)S[C@@H]1CO. The van der Waals surface area contributed by atoms with Crippen LogP contribution in [0.3, 0.4) is 0 Å². The van der Waals surface area contributed by atoms with Crippen molar-refractivity contribution < 1.29 is 19.7 Å². The Hall–Kier alpha value is -1.62. The molecule has 0 spiro atoms. The van der Waals surface area contributed by atoms with Gasteiger partial charge < -0.3 is 26.4 Å². The van der Waals surface area contributed by atoms with Crippen LogP contribution in [0.15, 0.2) is 17.1 Å². The van der Waals surface area contributed by atoms with Gasteiger partial charge >= 0.3 is 11.7 Å². The molecule has 1 saturated heterocycles. The van der Waals surface area contributed by atoms with Gasteiger partial charge in [0.15, 0.2) is 0 Å². The largest absolute Gasteiger partial charge is 0.457 e. The third-order valence-electron chi connectivity index (χ3n) is 3.86. The van der Waals surface area contributed by atoms with E-state index in [9.17, 15) is 19.8 Å². The Labute approximate surface area is 143 Å². The van der Waals surface area contributed by atoms with Crippen molar-refractivity contribution in [2.75, 3.05) is 12.3 Å². The number of nitrogens with zero attached hydrogens (tertiary/aromatic N) is 2. The summed E-state index contributed by atoms with van der Waals surface area (Å²) in [7, 11) is 0. The normalized spacial score (nSPS) is 28.1. The first-order valence-corrected chi connectivity index (χ1v) is 8.45. The minimum absolute atomic E-state index is 0.0679. The quantitative estimate of drug-likeness (QED) is 0.470. The Kier molecular flexibility index (Phi) is 5.86. The molecule has 9 nitrogen and oxygen atoms in total. The van der Waals surface area contributed by atoms with Crippen molar-refractivity contribution in [1.82, 2.24) is 9.55 Å². The number of aliphatic hydroxyl groups excluding tert-OH is 2. The fourth-order valence-electron chi connectivity index (χ4n) is 2.35. The van der Waals surface area contributed by atoms with Crippen molar-refractivity contribution in [3.8, 4) is 0 Å². The number of thioether (sulfide) groups is 1. The Balaban J connectivity index is 2.21. The average Bonchev–Trinajstić information content (AvgIpc) is 2.83. The highest BCUT2D eigenvalue weighted by Gasteiger charge is 2.47. The van der Waals surface area contributed by atoms with Gasteiger partial charge in [-0.15, -0.1) is 11.8 Å². The summed E-state index contributed by atoms with van der Waals surface area (Å²) in [5.41, 5.74) is 10.6. The maximum Gasteiger partial charge on any atom is 0.350 e. The lowest BCUT2D eigenvalue weighted by atomic mass is 10.1. The number of hydrogen-bond donors (Lipinski definition) is 4. The first kappa shape index (κ1) is 18.7. The minimum Gasteiger partial charge on any atom is -0.457 e. The van der Waals surface area contributed by atoms with Crippen LogP contribution in [-0.2, 0) is 9.53 Å². The maximum atomic E-state index is 12.1. The standard InChI is InChI=1S/C14H22N4O5S/c1-6(2)9(16)13(21)23-11-7(5-19)24-12(10(11)20)18-4-3-8(15)17-14(18)22/h3-4,6-7,9-12,19-20H,5,16H2,1-2H3,(H2,15,17,22)/t7-,9+,10?,11?,12-/m1/s1. The zero-order chi connectivity index (χ0) is 18.0. The second-order valence-electron chi connectivity index (χ2n) is 5.95. The lowest BCUT2D eigenvalue weighted by molar-refractivity contribution is -0.157. The fraction of sp³-hybridized carbons (Fsp3) is 0.643. The third-order valence-corrected chi connectivity index (χ3v) is 5.41. The van der Waals surface area contributed by atoms with Gasteiger partial charge in [-0.2, -0.15) is 4.98 Å². The van der Waals surface area contributed by atoms with E-state index in [1.54, 1.807) is 13.8 Å². The van der Waals surface area contributed by atoms with Crippen LogP contribution in [0.2, 0.25) is 0 Å². The van der Waals surface area contributed by atoms with Gasteiger partial charge in [0.05, 0.1) is 11.9 Å². The number of rotatable bonds is 5. The van der Waals surface area contributed by atoms with E-state index < -0.39 is 40.5 Å². The van der Waals surface area contributed by atoms with Crippen molar-refractivity contribution in [3.63, 3.8) is 0 Å². The average molecular weight is 358 g/mol. The molecular formula is C14H22N4O5S. The summed E-state index contributed by atoms with van der Waals surface area (Å²) < 4.78 is 6.51. The van der Waals surface area contributed by atoms with Crippen LogP contribution in [0.25, 0.3) is 0 Å². The van der Waals surface area contributed by atoms with Gasteiger partial charge in [0, 0.05) is 6.20 Å². The number of aromatic nitrogens is 2. The van der Waals surface area contributed by atoms with Gasteiger partial charge in [-0.25, -0.2) is 4.79 Å². The minimum atomic E-state index is -1.20. The summed E-state index contributed by atoms with van der Waals surface area (Å²) in [5.74, 6) is -0.717. The smallest absolute Gasteiger partial charge is 0.350 e. The van der Waals surface area contributed by atoms with Gasteiger partial charge in [0.1, 0.15) is 29.4 Å². The zero-order valence-electron chi connectivity index (χ0n) is 13.4. The number of esters is 1. The molecule has 10 heteroatoms. The molecule has 5 atom stereocenters.